The van der Waals surface area contributed by atoms with Gasteiger partial charge in [0.05, 0.1) is 35.3 Å². The van der Waals surface area contributed by atoms with Crippen LogP contribution in [0.15, 0.2) is 49.2 Å². The van der Waals surface area contributed by atoms with Crippen molar-refractivity contribution >= 4 is 54.9 Å². The molecule has 1 atom stereocenters. The Morgan fingerprint density at radius 3 is 2.57 bits per heavy atom. The van der Waals surface area contributed by atoms with Crippen LogP contribution in [0.5, 0.6) is 11.5 Å². The van der Waals surface area contributed by atoms with Gasteiger partial charge in [0.1, 0.15) is 5.82 Å². The summed E-state index contributed by atoms with van der Waals surface area (Å²) in [7, 11) is 1.30. The van der Waals surface area contributed by atoms with Gasteiger partial charge in [-0.2, -0.15) is 9.78 Å². The van der Waals surface area contributed by atoms with Crippen LogP contribution in [0, 0.1) is 0 Å². The molecule has 35 heavy (non-hydrogen) atoms. The van der Waals surface area contributed by atoms with Gasteiger partial charge in [-0.1, -0.05) is 36.7 Å². The van der Waals surface area contributed by atoms with E-state index in [1.54, 1.807) is 31.3 Å². The molecule has 3 rings (SSSR count). The Morgan fingerprint density at radius 2 is 1.94 bits per heavy atom. The molecule has 186 valence electrons. The fourth-order valence-corrected chi connectivity index (χ4v) is 4.21. The number of carbonyl (C=O) groups is 1. The van der Waals surface area contributed by atoms with Crippen molar-refractivity contribution in [1.82, 2.24) is 9.66 Å². The zero-order chi connectivity index (χ0) is 25.9. The number of halogens is 2. The zero-order valence-electron chi connectivity index (χ0n) is 20.4. The van der Waals surface area contributed by atoms with Crippen molar-refractivity contribution in [2.75, 3.05) is 13.7 Å². The number of fused-ring (bicyclic) bond motifs is 1. The topological polar surface area (TPSA) is 92.0 Å². The quantitative estimate of drug-likeness (QED) is 0.262. The molecule has 0 aliphatic carbocycles. The van der Waals surface area contributed by atoms with Gasteiger partial charge in [-0.15, -0.1) is 0 Å². The second-order valence-corrected chi connectivity index (χ2v) is 10.5. The molecule has 0 aliphatic heterocycles. The smallest absolute Gasteiger partial charge is 0.346 e. The second-order valence-electron chi connectivity index (χ2n) is 8.75. The third-order valence-corrected chi connectivity index (χ3v) is 6.04. The van der Waals surface area contributed by atoms with Crippen LogP contribution in [0.1, 0.15) is 46.0 Å². The van der Waals surface area contributed by atoms with Crippen molar-refractivity contribution in [3.05, 3.63) is 61.0 Å². The maximum absolute atomic E-state index is 13.4. The normalized spacial score (nSPS) is 12.7. The highest BCUT2D eigenvalue weighted by atomic mass is 79.9. The average molecular weight is 609 g/mol. The average Bonchev–Trinajstić information content (AvgIpc) is 2.79. The summed E-state index contributed by atoms with van der Waals surface area (Å²) in [4.78, 5) is 29.9. The number of hydrogen-bond donors (Lipinski definition) is 0. The van der Waals surface area contributed by atoms with Gasteiger partial charge in [-0.3, -0.25) is 4.79 Å². The van der Waals surface area contributed by atoms with Crippen molar-refractivity contribution in [3.8, 4) is 11.5 Å². The number of methoxy groups -OCH3 is 1. The molecule has 3 aromatic rings. The molecule has 1 aromatic heterocycles. The molecule has 0 saturated carbocycles. The third kappa shape index (κ3) is 6.10. The highest BCUT2D eigenvalue weighted by Gasteiger charge is 2.23. The van der Waals surface area contributed by atoms with Crippen LogP contribution in [-0.2, 0) is 14.9 Å². The summed E-state index contributed by atoms with van der Waals surface area (Å²) in [5, 5.41) is 4.97. The monoisotopic (exact) mass is 607 g/mol. The van der Waals surface area contributed by atoms with E-state index in [2.05, 4.69) is 37.0 Å². The maximum atomic E-state index is 13.4. The van der Waals surface area contributed by atoms with Gasteiger partial charge in [0.25, 0.3) is 5.56 Å². The van der Waals surface area contributed by atoms with Crippen molar-refractivity contribution in [2.45, 2.75) is 46.1 Å². The SMILES string of the molecule is CCOc1cc(C=Nn2c(C(C)(C)C)nc3ccc(Br)cc3c2=O)cc(Br)c1O[C@@H](C)C(=O)OC. The van der Waals surface area contributed by atoms with Crippen LogP contribution in [0.3, 0.4) is 0 Å². The van der Waals surface area contributed by atoms with Gasteiger partial charge in [-0.05, 0) is 65.7 Å². The van der Waals surface area contributed by atoms with Gasteiger partial charge < -0.3 is 14.2 Å². The highest BCUT2D eigenvalue weighted by molar-refractivity contribution is 9.10. The Bertz CT molecular complexity index is 1350. The number of ether oxygens (including phenoxy) is 3. The lowest BCUT2D eigenvalue weighted by Crippen LogP contribution is -2.29. The summed E-state index contributed by atoms with van der Waals surface area (Å²) < 4.78 is 18.9. The summed E-state index contributed by atoms with van der Waals surface area (Å²) in [6.45, 7) is 9.75. The molecule has 0 saturated heterocycles. The fourth-order valence-electron chi connectivity index (χ4n) is 3.30. The van der Waals surface area contributed by atoms with E-state index in [0.717, 1.165) is 4.47 Å². The second kappa shape index (κ2) is 10.9. The number of nitrogens with zero attached hydrogens (tertiary/aromatic N) is 3. The lowest BCUT2D eigenvalue weighted by Gasteiger charge is -2.21. The number of hydrogen-bond acceptors (Lipinski definition) is 7. The summed E-state index contributed by atoms with van der Waals surface area (Å²) in [5.41, 5.74) is 0.557. The summed E-state index contributed by atoms with van der Waals surface area (Å²) >= 11 is 6.91. The summed E-state index contributed by atoms with van der Waals surface area (Å²) in [5.74, 6) is 0.814. The Balaban J connectivity index is 2.11. The van der Waals surface area contributed by atoms with E-state index < -0.39 is 17.5 Å². The number of rotatable bonds is 7. The maximum Gasteiger partial charge on any atom is 0.346 e. The van der Waals surface area contributed by atoms with Crippen molar-refractivity contribution in [3.63, 3.8) is 0 Å². The van der Waals surface area contributed by atoms with Crippen molar-refractivity contribution < 1.29 is 19.0 Å². The van der Waals surface area contributed by atoms with Crippen LogP contribution < -0.4 is 15.0 Å². The fraction of sp³-hybridized carbons (Fsp3) is 0.360. The van der Waals surface area contributed by atoms with E-state index in [1.807, 2.05) is 39.8 Å². The first-order valence-corrected chi connectivity index (χ1v) is 12.5. The molecular formula is C25H27Br2N3O5. The van der Waals surface area contributed by atoms with E-state index in [9.17, 15) is 9.59 Å². The van der Waals surface area contributed by atoms with Gasteiger partial charge in [0.2, 0.25) is 0 Å². The van der Waals surface area contributed by atoms with Crippen LogP contribution in [0.4, 0.5) is 0 Å². The first-order valence-electron chi connectivity index (χ1n) is 10.9. The van der Waals surface area contributed by atoms with Crippen LogP contribution in [-0.4, -0.2) is 41.7 Å². The Morgan fingerprint density at radius 1 is 1.23 bits per heavy atom. The largest absolute Gasteiger partial charge is 0.490 e. The molecule has 2 aromatic carbocycles. The molecular weight excluding hydrogens is 582 g/mol. The van der Waals surface area contributed by atoms with Crippen LogP contribution >= 0.6 is 31.9 Å². The molecule has 0 bridgehead atoms. The minimum atomic E-state index is -0.828. The molecule has 8 nitrogen and oxygen atoms in total. The number of benzene rings is 2. The van der Waals surface area contributed by atoms with E-state index >= 15 is 0 Å². The molecule has 0 aliphatic rings. The summed E-state index contributed by atoms with van der Waals surface area (Å²) in [6, 6.07) is 8.89. The van der Waals surface area contributed by atoms with Gasteiger partial charge in [-0.25, -0.2) is 9.78 Å². The minimum absolute atomic E-state index is 0.270. The standard InChI is InChI=1S/C25H27Br2N3O5/c1-7-34-20-11-15(10-18(27)21(20)35-14(2)23(32)33-6)13-28-30-22(31)17-12-16(26)8-9-19(17)29-24(30)25(3,4)5/h8-14H,7H2,1-6H3/t14-/m0/s1. The lowest BCUT2D eigenvalue weighted by atomic mass is 9.95. The van der Waals surface area contributed by atoms with E-state index in [4.69, 9.17) is 19.2 Å². The molecule has 0 radical (unpaired) electrons. The number of carbonyl (C=O) groups excluding carboxylic acids is 1. The van der Waals surface area contributed by atoms with E-state index in [0.29, 0.717) is 44.9 Å². The van der Waals surface area contributed by atoms with E-state index in [1.165, 1.54) is 11.8 Å². The van der Waals surface area contributed by atoms with Crippen molar-refractivity contribution in [1.29, 1.82) is 0 Å². The van der Waals surface area contributed by atoms with Gasteiger partial charge in [0.15, 0.2) is 17.6 Å². The zero-order valence-corrected chi connectivity index (χ0v) is 23.6. The van der Waals surface area contributed by atoms with Crippen LogP contribution in [0.25, 0.3) is 10.9 Å². The first-order chi connectivity index (χ1) is 16.5. The first kappa shape index (κ1) is 26.9. The molecule has 0 spiro atoms. The number of aromatic nitrogens is 2. The molecule has 10 heteroatoms. The lowest BCUT2D eigenvalue weighted by molar-refractivity contribution is -0.147. The Hall–Kier alpha value is -2.72. The highest BCUT2D eigenvalue weighted by Crippen LogP contribution is 2.37. The molecule has 0 fully saturated rings. The van der Waals surface area contributed by atoms with Gasteiger partial charge >= 0.3 is 5.97 Å². The minimum Gasteiger partial charge on any atom is -0.490 e. The summed E-state index contributed by atoms with van der Waals surface area (Å²) in [6.07, 6.45) is 0.731. The molecule has 0 N–H and O–H groups in total. The molecule has 0 unspecified atom stereocenters. The van der Waals surface area contributed by atoms with E-state index in [-0.39, 0.29) is 5.56 Å². The predicted molar refractivity (Wildman–Crippen MR) is 143 cm³/mol. The van der Waals surface area contributed by atoms with Gasteiger partial charge in [0, 0.05) is 9.89 Å². The Kier molecular flexibility index (Phi) is 8.38. The number of esters is 1. The predicted octanol–water partition coefficient (Wildman–Crippen LogP) is 5.44. The van der Waals surface area contributed by atoms with Crippen molar-refractivity contribution in [2.24, 2.45) is 5.10 Å². The third-order valence-electron chi connectivity index (χ3n) is 4.96. The Labute approximate surface area is 220 Å². The molecule has 1 heterocycles. The van der Waals surface area contributed by atoms with Crippen LogP contribution in [0.2, 0.25) is 0 Å². The molecule has 0 amide bonds.